The lowest BCUT2D eigenvalue weighted by Crippen LogP contribution is -1.97. The molecule has 0 saturated carbocycles. The molecule has 0 saturated heterocycles. The van der Waals surface area contributed by atoms with Crippen LogP contribution in [0.3, 0.4) is 0 Å². The van der Waals surface area contributed by atoms with E-state index in [0.29, 0.717) is 5.82 Å². The molecule has 0 atom stereocenters. The van der Waals surface area contributed by atoms with E-state index in [0.717, 1.165) is 16.6 Å². The molecule has 0 aliphatic carbocycles. The predicted octanol–water partition coefficient (Wildman–Crippen LogP) is 2.36. The fourth-order valence-corrected chi connectivity index (χ4v) is 1.89. The monoisotopic (exact) mass is 265 g/mol. The summed E-state index contributed by atoms with van der Waals surface area (Å²) in [7, 11) is 1.85. The molecule has 0 aliphatic heterocycles. The summed E-state index contributed by atoms with van der Waals surface area (Å²) in [5, 5.41) is 4.32. The van der Waals surface area contributed by atoms with Gasteiger partial charge in [0.05, 0.1) is 5.69 Å². The van der Waals surface area contributed by atoms with Crippen molar-refractivity contribution in [3.63, 3.8) is 0 Å². The van der Waals surface area contributed by atoms with Crippen LogP contribution >= 0.6 is 15.9 Å². The lowest BCUT2D eigenvalue weighted by atomic mass is 10.1. The van der Waals surface area contributed by atoms with Crippen molar-refractivity contribution in [2.24, 2.45) is 7.05 Å². The number of anilines is 1. The Morgan fingerprint density at radius 1 is 1.40 bits per heavy atom. The summed E-state index contributed by atoms with van der Waals surface area (Å²) in [5.74, 6) is 0.692. The molecule has 0 bridgehead atoms. The van der Waals surface area contributed by atoms with Crippen molar-refractivity contribution in [2.75, 3.05) is 5.73 Å². The minimum Gasteiger partial charge on any atom is -0.384 e. The number of hydrogen-bond acceptors (Lipinski definition) is 2. The number of nitrogen functional groups attached to an aromatic ring is 1. The minimum atomic E-state index is 0.692. The number of nitrogens with zero attached hydrogens (tertiary/aromatic N) is 2. The van der Waals surface area contributed by atoms with Gasteiger partial charge in [-0.25, -0.2) is 0 Å². The fraction of sp³-hybridized carbons (Fsp3) is 0.182. The average Bonchev–Trinajstić information content (AvgIpc) is 2.50. The zero-order chi connectivity index (χ0) is 10.8. The van der Waals surface area contributed by atoms with Gasteiger partial charge in [-0.2, -0.15) is 5.10 Å². The Labute approximate surface area is 97.0 Å². The van der Waals surface area contributed by atoms with Crippen LogP contribution in [-0.2, 0) is 13.5 Å². The molecule has 3 nitrogen and oxygen atoms in total. The van der Waals surface area contributed by atoms with Crippen molar-refractivity contribution in [2.45, 2.75) is 6.42 Å². The van der Waals surface area contributed by atoms with Gasteiger partial charge in [0.25, 0.3) is 0 Å². The second-order valence-corrected chi connectivity index (χ2v) is 4.31. The Morgan fingerprint density at radius 2 is 2.13 bits per heavy atom. The Morgan fingerprint density at radius 3 is 2.73 bits per heavy atom. The maximum absolute atomic E-state index is 5.72. The lowest BCUT2D eigenvalue weighted by molar-refractivity contribution is 0.758. The smallest absolute Gasteiger partial charge is 0.121 e. The third kappa shape index (κ3) is 2.21. The number of hydrogen-bond donors (Lipinski definition) is 1. The first-order valence-corrected chi connectivity index (χ1v) is 5.48. The number of aromatic nitrogens is 2. The number of nitrogens with two attached hydrogens (primary N) is 1. The van der Waals surface area contributed by atoms with E-state index in [9.17, 15) is 0 Å². The summed E-state index contributed by atoms with van der Waals surface area (Å²) in [6, 6.07) is 10.0. The zero-order valence-corrected chi connectivity index (χ0v) is 10.0. The van der Waals surface area contributed by atoms with Crippen molar-refractivity contribution in [1.29, 1.82) is 0 Å². The molecule has 1 aromatic carbocycles. The van der Waals surface area contributed by atoms with Crippen LogP contribution < -0.4 is 5.73 Å². The molecular weight excluding hydrogens is 254 g/mol. The molecule has 2 N–H and O–H groups in total. The minimum absolute atomic E-state index is 0.692. The highest BCUT2D eigenvalue weighted by molar-refractivity contribution is 9.10. The van der Waals surface area contributed by atoms with Gasteiger partial charge < -0.3 is 5.73 Å². The molecule has 0 fully saturated rings. The summed E-state index contributed by atoms with van der Waals surface area (Å²) in [6.07, 6.45) is 0.798. The number of benzene rings is 1. The predicted molar refractivity (Wildman–Crippen MR) is 64.6 cm³/mol. The normalized spacial score (nSPS) is 10.5. The third-order valence-electron chi connectivity index (χ3n) is 2.30. The fourth-order valence-electron chi connectivity index (χ4n) is 1.47. The van der Waals surface area contributed by atoms with Gasteiger partial charge in [-0.1, -0.05) is 34.1 Å². The molecule has 1 aromatic heterocycles. The molecule has 0 radical (unpaired) electrons. The summed E-state index contributed by atoms with van der Waals surface area (Å²) >= 11 is 3.51. The van der Waals surface area contributed by atoms with Crippen LogP contribution in [0.5, 0.6) is 0 Å². The molecule has 78 valence electrons. The highest BCUT2D eigenvalue weighted by Gasteiger charge is 2.05. The van der Waals surface area contributed by atoms with Gasteiger partial charge >= 0.3 is 0 Å². The van der Waals surface area contributed by atoms with Crippen molar-refractivity contribution >= 4 is 21.7 Å². The van der Waals surface area contributed by atoms with E-state index in [-0.39, 0.29) is 0 Å². The van der Waals surface area contributed by atoms with Crippen molar-refractivity contribution in [3.05, 3.63) is 46.1 Å². The van der Waals surface area contributed by atoms with E-state index in [1.165, 1.54) is 5.56 Å². The lowest BCUT2D eigenvalue weighted by Gasteiger charge is -2.00. The Balaban J connectivity index is 2.26. The van der Waals surface area contributed by atoms with Crippen LogP contribution in [0.25, 0.3) is 0 Å². The molecule has 1 heterocycles. The van der Waals surface area contributed by atoms with Crippen LogP contribution in [0.15, 0.2) is 34.8 Å². The van der Waals surface area contributed by atoms with Crippen molar-refractivity contribution in [1.82, 2.24) is 9.78 Å². The van der Waals surface area contributed by atoms with E-state index in [1.54, 1.807) is 4.68 Å². The Kier molecular flexibility index (Phi) is 2.77. The van der Waals surface area contributed by atoms with Gasteiger partial charge in [-0.05, 0) is 11.6 Å². The standard InChI is InChI=1S/C11H12BrN3/c1-15-11(13)7-9(14-15)6-8-4-2-3-5-10(8)12/h2-5,7H,6,13H2,1H3. The zero-order valence-electron chi connectivity index (χ0n) is 8.44. The molecule has 0 spiro atoms. The van der Waals surface area contributed by atoms with Gasteiger partial charge in [0.1, 0.15) is 5.82 Å². The highest BCUT2D eigenvalue weighted by atomic mass is 79.9. The molecule has 2 aromatic rings. The van der Waals surface area contributed by atoms with Gasteiger partial charge in [0, 0.05) is 24.0 Å². The van der Waals surface area contributed by atoms with Crippen LogP contribution in [-0.4, -0.2) is 9.78 Å². The average molecular weight is 266 g/mol. The van der Waals surface area contributed by atoms with E-state index >= 15 is 0 Å². The summed E-state index contributed by atoms with van der Waals surface area (Å²) in [6.45, 7) is 0. The molecular formula is C11H12BrN3. The Hall–Kier alpha value is -1.29. The van der Waals surface area contributed by atoms with Gasteiger partial charge in [0.2, 0.25) is 0 Å². The van der Waals surface area contributed by atoms with Gasteiger partial charge in [-0.3, -0.25) is 4.68 Å². The Bertz CT molecular complexity index is 457. The largest absolute Gasteiger partial charge is 0.384 e. The van der Waals surface area contributed by atoms with Crippen LogP contribution in [0.2, 0.25) is 0 Å². The van der Waals surface area contributed by atoms with E-state index in [1.807, 2.05) is 31.3 Å². The summed E-state index contributed by atoms with van der Waals surface area (Å²) < 4.78 is 2.79. The van der Waals surface area contributed by atoms with Crippen molar-refractivity contribution in [3.8, 4) is 0 Å². The number of aryl methyl sites for hydroxylation is 1. The van der Waals surface area contributed by atoms with Crippen LogP contribution in [0.4, 0.5) is 5.82 Å². The molecule has 4 heteroatoms. The van der Waals surface area contributed by atoms with Crippen LogP contribution in [0, 0.1) is 0 Å². The summed E-state index contributed by atoms with van der Waals surface area (Å²) in [4.78, 5) is 0. The van der Waals surface area contributed by atoms with E-state index in [2.05, 4.69) is 27.1 Å². The van der Waals surface area contributed by atoms with Gasteiger partial charge in [-0.15, -0.1) is 0 Å². The van der Waals surface area contributed by atoms with Gasteiger partial charge in [0.15, 0.2) is 0 Å². The molecule has 2 rings (SSSR count). The number of halogens is 1. The quantitative estimate of drug-likeness (QED) is 0.906. The topological polar surface area (TPSA) is 43.8 Å². The van der Waals surface area contributed by atoms with Crippen molar-refractivity contribution < 1.29 is 0 Å². The molecule has 15 heavy (non-hydrogen) atoms. The number of rotatable bonds is 2. The third-order valence-corrected chi connectivity index (χ3v) is 3.07. The summed E-state index contributed by atoms with van der Waals surface area (Å²) in [5.41, 5.74) is 7.93. The second-order valence-electron chi connectivity index (χ2n) is 3.45. The second kappa shape index (κ2) is 4.06. The first-order valence-electron chi connectivity index (χ1n) is 4.68. The molecule has 0 amide bonds. The first kappa shape index (κ1) is 10.2. The SMILES string of the molecule is Cn1nc(Cc2ccccc2Br)cc1N. The maximum Gasteiger partial charge on any atom is 0.121 e. The first-order chi connectivity index (χ1) is 7.16. The van der Waals surface area contributed by atoms with E-state index < -0.39 is 0 Å². The highest BCUT2D eigenvalue weighted by Crippen LogP contribution is 2.19. The van der Waals surface area contributed by atoms with E-state index in [4.69, 9.17) is 5.73 Å². The maximum atomic E-state index is 5.72. The molecule has 0 aliphatic rings. The molecule has 0 unspecified atom stereocenters. The van der Waals surface area contributed by atoms with Crippen LogP contribution in [0.1, 0.15) is 11.3 Å².